The van der Waals surface area contributed by atoms with Gasteiger partial charge in [-0.15, -0.1) is 0 Å². The number of rotatable bonds is 7. The van der Waals surface area contributed by atoms with Crippen LogP contribution < -0.4 is 5.32 Å². The maximum atomic E-state index is 12.3. The van der Waals surface area contributed by atoms with Gasteiger partial charge in [-0.05, 0) is 27.7 Å². The van der Waals surface area contributed by atoms with Crippen molar-refractivity contribution in [3.05, 3.63) is 33.9 Å². The number of ether oxygens (including phenoxy) is 1. The van der Waals surface area contributed by atoms with Gasteiger partial charge in [-0.3, -0.25) is 24.3 Å². The number of aryl methyl sites for hydroxylation is 1. The third-order valence-electron chi connectivity index (χ3n) is 3.46. The molecule has 0 bridgehead atoms. The van der Waals surface area contributed by atoms with Gasteiger partial charge in [-0.25, -0.2) is 4.79 Å². The highest BCUT2D eigenvalue weighted by Crippen LogP contribution is 2.18. The van der Waals surface area contributed by atoms with Crippen molar-refractivity contribution in [3.8, 4) is 0 Å². The molecule has 2 rings (SSSR count). The molecule has 0 aliphatic carbocycles. The second-order valence-corrected chi connectivity index (χ2v) is 5.78. The van der Waals surface area contributed by atoms with E-state index in [4.69, 9.17) is 4.74 Å². The number of carbonyl (C=O) groups excluding carboxylic acids is 2. The van der Waals surface area contributed by atoms with Crippen molar-refractivity contribution in [2.24, 2.45) is 0 Å². The zero-order valence-corrected chi connectivity index (χ0v) is 14.9. The van der Waals surface area contributed by atoms with Gasteiger partial charge in [-0.1, -0.05) is 0 Å². The number of hydrogen-bond donors (Lipinski definition) is 1. The number of aromatic nitrogens is 4. The molecule has 1 amide bonds. The normalized spacial score (nSPS) is 10.8. The fraction of sp³-hybridized carbons (Fsp3) is 0.467. The molecule has 0 fully saturated rings. The number of nitro groups is 1. The van der Waals surface area contributed by atoms with Gasteiger partial charge in [0.15, 0.2) is 5.69 Å². The maximum absolute atomic E-state index is 12.3. The molecule has 0 atom stereocenters. The summed E-state index contributed by atoms with van der Waals surface area (Å²) in [7, 11) is 0. The average molecular weight is 364 g/mol. The number of anilines is 1. The first-order valence-electron chi connectivity index (χ1n) is 7.98. The lowest BCUT2D eigenvalue weighted by Crippen LogP contribution is -2.22. The fourth-order valence-electron chi connectivity index (χ4n) is 2.20. The molecule has 11 heteroatoms. The Balaban J connectivity index is 2.17. The van der Waals surface area contributed by atoms with Gasteiger partial charge in [0, 0.05) is 12.7 Å². The highest BCUT2D eigenvalue weighted by atomic mass is 16.6. The van der Waals surface area contributed by atoms with E-state index in [1.54, 1.807) is 13.8 Å². The first-order valence-corrected chi connectivity index (χ1v) is 7.98. The average Bonchev–Trinajstić information content (AvgIpc) is 3.11. The number of nitrogens with zero attached hydrogens (tertiary/aromatic N) is 5. The molecule has 0 spiro atoms. The first-order chi connectivity index (χ1) is 12.2. The summed E-state index contributed by atoms with van der Waals surface area (Å²) in [5.41, 5.74) is 0.297. The van der Waals surface area contributed by atoms with Crippen molar-refractivity contribution in [1.29, 1.82) is 0 Å². The first kappa shape index (κ1) is 19.1. The van der Waals surface area contributed by atoms with Crippen LogP contribution in [0.5, 0.6) is 0 Å². The van der Waals surface area contributed by atoms with Crippen LogP contribution in [-0.4, -0.2) is 42.5 Å². The van der Waals surface area contributed by atoms with Gasteiger partial charge < -0.3 is 10.1 Å². The molecule has 0 saturated carbocycles. The van der Waals surface area contributed by atoms with E-state index in [0.29, 0.717) is 6.54 Å². The van der Waals surface area contributed by atoms with Crippen LogP contribution >= 0.6 is 0 Å². The topological polar surface area (TPSA) is 134 Å². The van der Waals surface area contributed by atoms with Gasteiger partial charge >= 0.3 is 11.7 Å². The minimum Gasteiger partial charge on any atom is -0.458 e. The predicted molar refractivity (Wildman–Crippen MR) is 90.7 cm³/mol. The largest absolute Gasteiger partial charge is 0.458 e. The molecule has 0 unspecified atom stereocenters. The second kappa shape index (κ2) is 7.76. The molecule has 11 nitrogen and oxygen atoms in total. The Hall–Kier alpha value is -3.24. The summed E-state index contributed by atoms with van der Waals surface area (Å²) in [6.07, 6.45) is 2.28. The number of carbonyl (C=O) groups is 2. The van der Waals surface area contributed by atoms with E-state index in [-0.39, 0.29) is 35.4 Å². The van der Waals surface area contributed by atoms with Crippen molar-refractivity contribution >= 4 is 23.3 Å². The fourth-order valence-corrected chi connectivity index (χ4v) is 2.20. The second-order valence-electron chi connectivity index (χ2n) is 5.78. The Bertz CT molecular complexity index is 838. The summed E-state index contributed by atoms with van der Waals surface area (Å²) in [5, 5.41) is 21.4. The van der Waals surface area contributed by atoms with Crippen LogP contribution in [0.25, 0.3) is 0 Å². The van der Waals surface area contributed by atoms with E-state index in [1.165, 1.54) is 22.5 Å². The molecule has 26 heavy (non-hydrogen) atoms. The smallest absolute Gasteiger partial charge is 0.361 e. The summed E-state index contributed by atoms with van der Waals surface area (Å²) in [6, 6.07) is 0. The van der Waals surface area contributed by atoms with Crippen LogP contribution in [0.4, 0.5) is 11.4 Å². The minimum absolute atomic E-state index is 0.00271. The number of hydrogen-bond acceptors (Lipinski definition) is 7. The van der Waals surface area contributed by atoms with Crippen LogP contribution in [0.3, 0.4) is 0 Å². The molecule has 1 N–H and O–H groups in total. The molecule has 140 valence electrons. The van der Waals surface area contributed by atoms with Crippen LogP contribution in [0, 0.1) is 17.0 Å². The van der Waals surface area contributed by atoms with Gasteiger partial charge in [0.1, 0.15) is 18.4 Å². The highest BCUT2D eigenvalue weighted by molar-refractivity contribution is 5.99. The van der Waals surface area contributed by atoms with E-state index in [0.717, 1.165) is 6.20 Å². The Labute approximate surface area is 149 Å². The summed E-state index contributed by atoms with van der Waals surface area (Å²) in [6.45, 7) is 7.01. The van der Waals surface area contributed by atoms with Crippen molar-refractivity contribution in [3.63, 3.8) is 0 Å². The number of esters is 1. The summed E-state index contributed by atoms with van der Waals surface area (Å²) >= 11 is 0. The SMILES string of the molecule is CCn1cc(NC(=O)Cn2ncc([N+](=O)[O-])c2C)c(C(=O)OC(C)C)n1. The maximum Gasteiger partial charge on any atom is 0.361 e. The lowest BCUT2D eigenvalue weighted by atomic mass is 10.3. The standard InChI is InChI=1S/C15H20N6O5/c1-5-19-7-11(14(18-19)15(23)26-9(2)3)17-13(22)8-20-10(4)12(6-16-20)21(24)25/h6-7,9H,5,8H2,1-4H3,(H,17,22). The van der Waals surface area contributed by atoms with Crippen molar-refractivity contribution < 1.29 is 19.2 Å². The van der Waals surface area contributed by atoms with Crippen LogP contribution in [0.1, 0.15) is 37.0 Å². The van der Waals surface area contributed by atoms with Gasteiger partial charge in [-0.2, -0.15) is 10.2 Å². The zero-order valence-electron chi connectivity index (χ0n) is 14.9. The molecule has 0 aliphatic rings. The van der Waals surface area contributed by atoms with Crippen LogP contribution in [-0.2, 0) is 22.6 Å². The third kappa shape index (κ3) is 4.23. The van der Waals surface area contributed by atoms with E-state index in [1.807, 2.05) is 6.92 Å². The number of amides is 1. The lowest BCUT2D eigenvalue weighted by molar-refractivity contribution is -0.385. The summed E-state index contributed by atoms with van der Waals surface area (Å²) < 4.78 is 7.83. The molecule has 2 aromatic rings. The molecular formula is C15H20N6O5. The minimum atomic E-state index is -0.645. The van der Waals surface area contributed by atoms with E-state index in [9.17, 15) is 19.7 Å². The molecule has 2 heterocycles. The van der Waals surface area contributed by atoms with Crippen molar-refractivity contribution in [2.45, 2.75) is 46.9 Å². The monoisotopic (exact) mass is 364 g/mol. The van der Waals surface area contributed by atoms with Crippen molar-refractivity contribution in [1.82, 2.24) is 19.6 Å². The van der Waals surface area contributed by atoms with Crippen molar-refractivity contribution in [2.75, 3.05) is 5.32 Å². The van der Waals surface area contributed by atoms with E-state index in [2.05, 4.69) is 15.5 Å². The zero-order chi connectivity index (χ0) is 19.4. The molecular weight excluding hydrogens is 344 g/mol. The lowest BCUT2D eigenvalue weighted by Gasteiger charge is -2.08. The summed E-state index contributed by atoms with van der Waals surface area (Å²) in [5.74, 6) is -1.14. The predicted octanol–water partition coefficient (Wildman–Crippen LogP) is 1.52. The highest BCUT2D eigenvalue weighted by Gasteiger charge is 2.22. The molecule has 2 aromatic heterocycles. The third-order valence-corrected chi connectivity index (χ3v) is 3.46. The van der Waals surface area contributed by atoms with Gasteiger partial charge in [0.2, 0.25) is 5.91 Å². The van der Waals surface area contributed by atoms with Gasteiger partial charge in [0.05, 0.1) is 16.7 Å². The molecule has 0 aromatic carbocycles. The molecule has 0 saturated heterocycles. The Morgan fingerprint density at radius 2 is 2.12 bits per heavy atom. The molecule has 0 radical (unpaired) electrons. The van der Waals surface area contributed by atoms with Crippen LogP contribution in [0.15, 0.2) is 12.4 Å². The van der Waals surface area contributed by atoms with Gasteiger partial charge in [0.25, 0.3) is 0 Å². The summed E-state index contributed by atoms with van der Waals surface area (Å²) in [4.78, 5) is 34.7. The molecule has 0 aliphatic heterocycles. The van der Waals surface area contributed by atoms with E-state index >= 15 is 0 Å². The Morgan fingerprint density at radius 1 is 1.42 bits per heavy atom. The Kier molecular flexibility index (Phi) is 5.70. The quantitative estimate of drug-likeness (QED) is 0.447. The number of nitrogens with one attached hydrogen (secondary N) is 1. The van der Waals surface area contributed by atoms with Crippen LogP contribution in [0.2, 0.25) is 0 Å². The van der Waals surface area contributed by atoms with E-state index < -0.39 is 16.8 Å². The Morgan fingerprint density at radius 3 is 2.65 bits per heavy atom.